The minimum absolute atomic E-state index is 0.00983. The number of nitrogens with two attached hydrogens (primary N) is 1. The molecule has 0 aromatic heterocycles. The number of carbonyl (C=O) groups is 3. The maximum Gasteiger partial charge on any atom is 0.338 e. The lowest BCUT2D eigenvalue weighted by Crippen LogP contribution is -2.30. The molecule has 0 aliphatic heterocycles. The largest absolute Gasteiger partial charge is 0.493 e. The second-order valence-electron chi connectivity index (χ2n) is 6.32. The van der Waals surface area contributed by atoms with Crippen molar-refractivity contribution in [3.8, 4) is 11.5 Å². The summed E-state index contributed by atoms with van der Waals surface area (Å²) < 4.78 is 15.4. The molecule has 2 N–H and O–H groups in total. The smallest absolute Gasteiger partial charge is 0.338 e. The third-order valence-electron chi connectivity index (χ3n) is 3.98. The maximum absolute atomic E-state index is 12.4. The summed E-state index contributed by atoms with van der Waals surface area (Å²) in [5, 5.41) is 0.796. The van der Waals surface area contributed by atoms with Gasteiger partial charge < -0.3 is 24.8 Å². The normalized spacial score (nSPS) is 10.4. The highest BCUT2D eigenvalue weighted by Crippen LogP contribution is 2.36. The fourth-order valence-corrected chi connectivity index (χ4v) is 3.03. The third kappa shape index (κ3) is 6.92. The number of likely N-dealkylation sites (N-methyl/N-ethyl adjacent to an activating group) is 1. The van der Waals surface area contributed by atoms with Gasteiger partial charge in [0, 0.05) is 13.6 Å². The molecular weight excluding hydrogens is 471 g/mol. The molecule has 0 radical (unpaired) electrons. The van der Waals surface area contributed by atoms with Gasteiger partial charge in [0.1, 0.15) is 0 Å². The number of halogens is 3. The zero-order valence-electron chi connectivity index (χ0n) is 16.6. The molecule has 2 rings (SSSR count). The van der Waals surface area contributed by atoms with Crippen molar-refractivity contribution in [3.05, 3.63) is 56.5 Å². The van der Waals surface area contributed by atoms with E-state index in [1.165, 1.54) is 24.1 Å². The quantitative estimate of drug-likeness (QED) is 0.541. The van der Waals surface area contributed by atoms with Crippen LogP contribution < -0.4 is 15.2 Å². The first kappa shape index (κ1) is 24.6. The SMILES string of the molecule is COc1cc(C(=O)OCC(=O)N(C)Cc2ccc(Cl)c(Cl)c2)cc(Cl)c1OCC(N)=O. The average Bonchev–Trinajstić information content (AvgIpc) is 2.72. The van der Waals surface area contributed by atoms with E-state index >= 15 is 0 Å². The van der Waals surface area contributed by atoms with Gasteiger partial charge in [0.05, 0.1) is 27.7 Å². The van der Waals surface area contributed by atoms with Crippen LogP contribution in [0.2, 0.25) is 15.1 Å². The van der Waals surface area contributed by atoms with Crippen LogP contribution in [0.5, 0.6) is 11.5 Å². The summed E-state index contributed by atoms with van der Waals surface area (Å²) in [6.07, 6.45) is 0. The molecule has 2 aromatic rings. The van der Waals surface area contributed by atoms with Crippen LogP contribution in [0, 0.1) is 0 Å². The van der Waals surface area contributed by atoms with Gasteiger partial charge in [-0.2, -0.15) is 0 Å². The number of hydrogen-bond acceptors (Lipinski definition) is 6. The molecule has 2 aromatic carbocycles. The van der Waals surface area contributed by atoms with Crippen molar-refractivity contribution in [3.63, 3.8) is 0 Å². The van der Waals surface area contributed by atoms with Gasteiger partial charge in [0.15, 0.2) is 24.7 Å². The average molecular weight is 490 g/mol. The van der Waals surface area contributed by atoms with E-state index in [-0.39, 0.29) is 28.6 Å². The van der Waals surface area contributed by atoms with E-state index in [0.29, 0.717) is 10.0 Å². The zero-order chi connectivity index (χ0) is 23.1. The molecule has 0 spiro atoms. The van der Waals surface area contributed by atoms with Gasteiger partial charge in [-0.05, 0) is 29.8 Å². The Kier molecular flexibility index (Phi) is 8.79. The van der Waals surface area contributed by atoms with Crippen molar-refractivity contribution in [2.75, 3.05) is 27.4 Å². The number of primary amides is 1. The van der Waals surface area contributed by atoms with Crippen molar-refractivity contribution >= 4 is 52.6 Å². The van der Waals surface area contributed by atoms with E-state index < -0.39 is 31.0 Å². The first-order valence-electron chi connectivity index (χ1n) is 8.76. The Labute approximate surface area is 193 Å². The number of amides is 2. The van der Waals surface area contributed by atoms with Crippen molar-refractivity contribution in [2.24, 2.45) is 5.73 Å². The molecule has 0 fully saturated rings. The van der Waals surface area contributed by atoms with Crippen LogP contribution >= 0.6 is 34.8 Å². The molecule has 8 nitrogen and oxygen atoms in total. The monoisotopic (exact) mass is 488 g/mol. The number of hydrogen-bond donors (Lipinski definition) is 1. The van der Waals surface area contributed by atoms with Gasteiger partial charge in [-0.1, -0.05) is 40.9 Å². The Hall–Kier alpha value is -2.68. The molecule has 31 heavy (non-hydrogen) atoms. The number of carbonyl (C=O) groups excluding carboxylic acids is 3. The summed E-state index contributed by atoms with van der Waals surface area (Å²) >= 11 is 18.0. The van der Waals surface area contributed by atoms with Gasteiger partial charge in [-0.15, -0.1) is 0 Å². The highest BCUT2D eigenvalue weighted by Gasteiger charge is 2.19. The van der Waals surface area contributed by atoms with Crippen LogP contribution in [0.4, 0.5) is 0 Å². The van der Waals surface area contributed by atoms with Crippen LogP contribution in [-0.2, 0) is 20.9 Å². The summed E-state index contributed by atoms with van der Waals surface area (Å²) in [7, 11) is 2.89. The molecule has 11 heteroatoms. The number of ether oxygens (including phenoxy) is 3. The van der Waals surface area contributed by atoms with Crippen molar-refractivity contribution in [1.82, 2.24) is 4.90 Å². The predicted molar refractivity (Wildman–Crippen MR) is 116 cm³/mol. The molecule has 0 heterocycles. The van der Waals surface area contributed by atoms with E-state index in [4.69, 9.17) is 54.7 Å². The summed E-state index contributed by atoms with van der Waals surface area (Å²) in [5.74, 6) is -1.78. The Morgan fingerprint density at radius 3 is 2.32 bits per heavy atom. The molecule has 0 saturated heterocycles. The van der Waals surface area contributed by atoms with Crippen LogP contribution in [0.1, 0.15) is 15.9 Å². The van der Waals surface area contributed by atoms with E-state index in [1.807, 2.05) is 0 Å². The van der Waals surface area contributed by atoms with Crippen molar-refractivity contribution in [2.45, 2.75) is 6.54 Å². The lowest BCUT2D eigenvalue weighted by Gasteiger charge is -2.18. The molecule has 0 aliphatic carbocycles. The Morgan fingerprint density at radius 1 is 1.00 bits per heavy atom. The molecule has 0 aliphatic rings. The molecule has 0 atom stereocenters. The Balaban J connectivity index is 2.00. The van der Waals surface area contributed by atoms with Gasteiger partial charge >= 0.3 is 5.97 Å². The van der Waals surface area contributed by atoms with Gasteiger partial charge in [0.25, 0.3) is 11.8 Å². The molecule has 0 unspecified atom stereocenters. The summed E-state index contributed by atoms with van der Waals surface area (Å²) in [4.78, 5) is 36.9. The van der Waals surface area contributed by atoms with Crippen LogP contribution in [0.25, 0.3) is 0 Å². The number of rotatable bonds is 9. The van der Waals surface area contributed by atoms with E-state index in [2.05, 4.69) is 0 Å². The minimum atomic E-state index is -0.794. The van der Waals surface area contributed by atoms with Crippen molar-refractivity contribution < 1.29 is 28.6 Å². The summed E-state index contributed by atoms with van der Waals surface area (Å²) in [6, 6.07) is 7.60. The standard InChI is InChI=1S/C20H19Cl3N2O6/c1-25(8-11-3-4-13(21)14(22)5-11)18(27)10-31-20(28)12-6-15(23)19(16(7-12)29-2)30-9-17(24)26/h3-7H,8-10H2,1-2H3,(H2,24,26). The van der Waals surface area contributed by atoms with Crippen LogP contribution in [0.15, 0.2) is 30.3 Å². The number of nitrogens with zero attached hydrogens (tertiary/aromatic N) is 1. The van der Waals surface area contributed by atoms with Gasteiger partial charge in [-0.25, -0.2) is 4.79 Å². The molecule has 2 amide bonds. The van der Waals surface area contributed by atoms with Crippen LogP contribution in [0.3, 0.4) is 0 Å². The van der Waals surface area contributed by atoms with Crippen LogP contribution in [-0.4, -0.2) is 50.1 Å². The van der Waals surface area contributed by atoms with E-state index in [9.17, 15) is 14.4 Å². The zero-order valence-corrected chi connectivity index (χ0v) is 18.9. The third-order valence-corrected chi connectivity index (χ3v) is 5.00. The number of benzene rings is 2. The molecule has 0 saturated carbocycles. The molecule has 166 valence electrons. The fourth-order valence-electron chi connectivity index (χ4n) is 2.44. The van der Waals surface area contributed by atoms with E-state index in [0.717, 1.165) is 5.56 Å². The summed E-state index contributed by atoms with van der Waals surface area (Å²) in [5.41, 5.74) is 5.84. The summed E-state index contributed by atoms with van der Waals surface area (Å²) in [6.45, 7) is -0.658. The van der Waals surface area contributed by atoms with E-state index in [1.54, 1.807) is 25.2 Å². The highest BCUT2D eigenvalue weighted by molar-refractivity contribution is 6.42. The Morgan fingerprint density at radius 2 is 1.71 bits per heavy atom. The molecular formula is C20H19Cl3N2O6. The number of methoxy groups -OCH3 is 1. The first-order chi connectivity index (χ1) is 14.6. The molecule has 0 bridgehead atoms. The van der Waals surface area contributed by atoms with Gasteiger partial charge in [0.2, 0.25) is 0 Å². The fraction of sp³-hybridized carbons (Fsp3) is 0.250. The number of esters is 1. The van der Waals surface area contributed by atoms with Crippen molar-refractivity contribution in [1.29, 1.82) is 0 Å². The maximum atomic E-state index is 12.4. The first-order valence-corrected chi connectivity index (χ1v) is 9.89. The topological polar surface area (TPSA) is 108 Å². The lowest BCUT2D eigenvalue weighted by molar-refractivity contribution is -0.133. The predicted octanol–water partition coefficient (Wildman–Crippen LogP) is 3.33. The Bertz CT molecular complexity index is 999. The second-order valence-corrected chi connectivity index (χ2v) is 7.54. The highest BCUT2D eigenvalue weighted by atomic mass is 35.5. The minimum Gasteiger partial charge on any atom is -0.493 e. The van der Waals surface area contributed by atoms with Gasteiger partial charge in [-0.3, -0.25) is 9.59 Å². The second kappa shape index (κ2) is 11.1. The lowest BCUT2D eigenvalue weighted by atomic mass is 10.2.